The summed E-state index contributed by atoms with van der Waals surface area (Å²) in [4.78, 5) is 24.2. The van der Waals surface area contributed by atoms with Crippen molar-refractivity contribution in [2.24, 2.45) is 0 Å². The second kappa shape index (κ2) is 9.89. The van der Waals surface area contributed by atoms with Crippen molar-refractivity contribution in [3.63, 3.8) is 0 Å². The van der Waals surface area contributed by atoms with Gasteiger partial charge in [0.2, 0.25) is 5.91 Å². The maximum Gasteiger partial charge on any atom is 0.248 e. The first-order chi connectivity index (χ1) is 16.8. The molecule has 4 rings (SSSR count). The molecule has 0 spiro atoms. The molecule has 0 aliphatic heterocycles. The van der Waals surface area contributed by atoms with E-state index in [1.165, 1.54) is 13.0 Å². The number of ketones is 1. The van der Waals surface area contributed by atoms with Crippen molar-refractivity contribution < 1.29 is 23.5 Å². The zero-order valence-corrected chi connectivity index (χ0v) is 20.4. The van der Waals surface area contributed by atoms with Gasteiger partial charge in [-0.05, 0) is 74.4 Å². The summed E-state index contributed by atoms with van der Waals surface area (Å²) >= 11 is 0. The fourth-order valence-corrected chi connectivity index (χ4v) is 4.13. The molecule has 35 heavy (non-hydrogen) atoms. The smallest absolute Gasteiger partial charge is 0.248 e. The first kappa shape index (κ1) is 23.8. The molecule has 0 saturated heterocycles. The number of fused-ring (bicyclic) bond motifs is 1. The molecule has 6 nitrogen and oxygen atoms in total. The van der Waals surface area contributed by atoms with Crippen LogP contribution in [0.3, 0.4) is 0 Å². The minimum Gasteiger partial charge on any atom is -0.497 e. The van der Waals surface area contributed by atoms with Crippen LogP contribution in [0.15, 0.2) is 71.4 Å². The highest BCUT2D eigenvalue weighted by Gasteiger charge is 2.19. The van der Waals surface area contributed by atoms with E-state index in [4.69, 9.17) is 13.9 Å². The van der Waals surface area contributed by atoms with Crippen molar-refractivity contribution in [1.82, 2.24) is 0 Å². The van der Waals surface area contributed by atoms with Gasteiger partial charge in [0.25, 0.3) is 0 Å². The Labute approximate surface area is 204 Å². The number of aryl methyl sites for hydroxylation is 1. The summed E-state index contributed by atoms with van der Waals surface area (Å²) in [6.07, 6.45) is 3.26. The van der Waals surface area contributed by atoms with E-state index in [1.807, 2.05) is 44.2 Å². The number of ether oxygens (including phenoxy) is 2. The fourth-order valence-electron chi connectivity index (χ4n) is 4.13. The Bertz CT molecular complexity index is 1440. The fraction of sp³-hybridized carbons (Fsp3) is 0.172. The lowest BCUT2D eigenvalue weighted by atomic mass is 9.96. The molecule has 0 atom stereocenters. The van der Waals surface area contributed by atoms with Crippen LogP contribution in [0.5, 0.6) is 11.5 Å². The highest BCUT2D eigenvalue weighted by atomic mass is 16.5. The van der Waals surface area contributed by atoms with Crippen LogP contribution in [0.1, 0.15) is 35.3 Å². The molecule has 1 N–H and O–H groups in total. The number of rotatable bonds is 7. The first-order valence-corrected chi connectivity index (χ1v) is 11.2. The maximum absolute atomic E-state index is 12.7. The molecule has 1 amide bonds. The number of hydrogen-bond acceptors (Lipinski definition) is 5. The number of amides is 1. The second-order valence-corrected chi connectivity index (χ2v) is 8.29. The van der Waals surface area contributed by atoms with Gasteiger partial charge in [-0.2, -0.15) is 0 Å². The van der Waals surface area contributed by atoms with Gasteiger partial charge in [0.15, 0.2) is 5.78 Å². The number of hydrogen-bond donors (Lipinski definition) is 1. The lowest BCUT2D eigenvalue weighted by Gasteiger charge is -2.13. The van der Waals surface area contributed by atoms with Gasteiger partial charge in [0.05, 0.1) is 20.5 Å². The molecule has 0 saturated carbocycles. The van der Waals surface area contributed by atoms with Gasteiger partial charge in [0.1, 0.15) is 17.1 Å². The largest absolute Gasteiger partial charge is 0.497 e. The topological polar surface area (TPSA) is 77.8 Å². The Hall–Kier alpha value is -4.32. The number of Topliss-reactive ketones (excluding diaryl/α,β-unsaturated/α-hetero) is 1. The molecule has 0 aliphatic rings. The van der Waals surface area contributed by atoms with Crippen molar-refractivity contribution in [2.45, 2.75) is 20.8 Å². The molecule has 0 fully saturated rings. The Morgan fingerprint density at radius 1 is 0.971 bits per heavy atom. The quantitative estimate of drug-likeness (QED) is 0.242. The van der Waals surface area contributed by atoms with Crippen molar-refractivity contribution in [2.75, 3.05) is 19.5 Å². The van der Waals surface area contributed by atoms with Gasteiger partial charge in [0, 0.05) is 39.4 Å². The molecule has 4 aromatic rings. The van der Waals surface area contributed by atoms with Gasteiger partial charge < -0.3 is 19.2 Å². The Balaban J connectivity index is 1.71. The number of allylic oxidation sites excluding steroid dienone is 1. The average molecular weight is 470 g/mol. The predicted octanol–water partition coefficient (Wildman–Crippen LogP) is 6.67. The number of carbonyl (C=O) groups is 2. The van der Waals surface area contributed by atoms with E-state index in [1.54, 1.807) is 44.7 Å². The zero-order chi connectivity index (χ0) is 25.1. The van der Waals surface area contributed by atoms with Crippen molar-refractivity contribution >= 4 is 33.9 Å². The van der Waals surface area contributed by atoms with E-state index in [0.29, 0.717) is 17.0 Å². The molecule has 6 heteroatoms. The number of anilines is 1. The summed E-state index contributed by atoms with van der Waals surface area (Å²) < 4.78 is 17.0. The Kier molecular flexibility index (Phi) is 6.73. The predicted molar refractivity (Wildman–Crippen MR) is 138 cm³/mol. The number of furan rings is 1. The van der Waals surface area contributed by atoms with Gasteiger partial charge in [-0.1, -0.05) is 12.1 Å². The number of carbonyl (C=O) groups excluding carboxylic acids is 2. The maximum atomic E-state index is 12.7. The summed E-state index contributed by atoms with van der Waals surface area (Å²) in [5, 5.41) is 3.76. The summed E-state index contributed by atoms with van der Waals surface area (Å²) in [6, 6.07) is 16.6. The van der Waals surface area contributed by atoms with Crippen molar-refractivity contribution in [3.8, 4) is 22.6 Å². The molecule has 1 heterocycles. The minimum atomic E-state index is -0.280. The lowest BCUT2D eigenvalue weighted by molar-refractivity contribution is -0.111. The zero-order valence-electron chi connectivity index (χ0n) is 20.4. The third-order valence-electron chi connectivity index (χ3n) is 5.96. The molecule has 1 aromatic heterocycles. The van der Waals surface area contributed by atoms with Gasteiger partial charge >= 0.3 is 0 Å². The van der Waals surface area contributed by atoms with E-state index in [9.17, 15) is 9.59 Å². The van der Waals surface area contributed by atoms with Crippen LogP contribution in [0, 0.1) is 6.92 Å². The van der Waals surface area contributed by atoms with E-state index in [2.05, 4.69) is 5.32 Å². The van der Waals surface area contributed by atoms with Crippen molar-refractivity contribution in [3.05, 3.63) is 83.6 Å². The summed E-state index contributed by atoms with van der Waals surface area (Å²) in [5.74, 6) is 1.10. The summed E-state index contributed by atoms with van der Waals surface area (Å²) in [6.45, 7) is 5.31. The first-order valence-electron chi connectivity index (χ1n) is 11.2. The van der Waals surface area contributed by atoms with Crippen LogP contribution >= 0.6 is 0 Å². The van der Waals surface area contributed by atoms with Crippen LogP contribution < -0.4 is 14.8 Å². The molecule has 0 radical (unpaired) electrons. The standard InChI is InChI=1S/C29H27NO5/c1-17(13-27(32)30-22-11-9-20(10-12-22)19(3)31)24-15-25-26(21-7-6-8-23(14-21)33-4)16-35-29(25)18(2)28(24)34-5/h6-16H,1-5H3,(H,30,32)/b17-13+. The van der Waals surface area contributed by atoms with Crippen LogP contribution in [-0.4, -0.2) is 25.9 Å². The lowest BCUT2D eigenvalue weighted by Crippen LogP contribution is -2.09. The van der Waals surface area contributed by atoms with Crippen LogP contribution in [0.25, 0.3) is 27.7 Å². The van der Waals surface area contributed by atoms with Gasteiger partial charge in [-0.15, -0.1) is 0 Å². The SMILES string of the molecule is COc1cccc(-c2coc3c(C)c(OC)c(/C(C)=C/C(=O)Nc4ccc(C(C)=O)cc4)cc23)c1. The monoisotopic (exact) mass is 469 g/mol. The van der Waals surface area contributed by atoms with E-state index in [-0.39, 0.29) is 11.7 Å². The van der Waals surface area contributed by atoms with Gasteiger partial charge in [-0.25, -0.2) is 0 Å². The third kappa shape index (κ3) is 4.82. The average Bonchev–Trinajstić information content (AvgIpc) is 3.28. The molecule has 0 aliphatic carbocycles. The van der Waals surface area contributed by atoms with Crippen LogP contribution in [0.4, 0.5) is 5.69 Å². The highest BCUT2D eigenvalue weighted by Crippen LogP contribution is 2.41. The molecular formula is C29H27NO5. The highest BCUT2D eigenvalue weighted by molar-refractivity contribution is 6.06. The normalized spacial score (nSPS) is 11.4. The van der Waals surface area contributed by atoms with Crippen LogP contribution in [0.2, 0.25) is 0 Å². The summed E-state index contributed by atoms with van der Waals surface area (Å²) in [7, 11) is 3.24. The van der Waals surface area contributed by atoms with E-state index < -0.39 is 0 Å². The van der Waals surface area contributed by atoms with E-state index in [0.717, 1.165) is 44.5 Å². The second-order valence-electron chi connectivity index (χ2n) is 8.29. The van der Waals surface area contributed by atoms with Crippen molar-refractivity contribution in [1.29, 1.82) is 0 Å². The Morgan fingerprint density at radius 2 is 1.71 bits per heavy atom. The molecule has 0 unspecified atom stereocenters. The summed E-state index contributed by atoms with van der Waals surface area (Å²) in [5.41, 5.74) is 6.20. The molecular weight excluding hydrogens is 442 g/mol. The van der Waals surface area contributed by atoms with Crippen LogP contribution in [-0.2, 0) is 4.79 Å². The number of nitrogens with one attached hydrogen (secondary N) is 1. The molecule has 3 aromatic carbocycles. The minimum absolute atomic E-state index is 0.0240. The molecule has 178 valence electrons. The van der Waals surface area contributed by atoms with Gasteiger partial charge in [-0.3, -0.25) is 9.59 Å². The third-order valence-corrected chi connectivity index (χ3v) is 5.96. The molecule has 0 bridgehead atoms. The Morgan fingerprint density at radius 3 is 2.37 bits per heavy atom. The van der Waals surface area contributed by atoms with E-state index >= 15 is 0 Å². The number of benzene rings is 3. The number of methoxy groups -OCH3 is 2.